The predicted molar refractivity (Wildman–Crippen MR) is 121 cm³/mol. The van der Waals surface area contributed by atoms with Crippen LogP contribution in [0.2, 0.25) is 0 Å². The lowest BCUT2D eigenvalue weighted by molar-refractivity contribution is 0.0955. The second-order valence-electron chi connectivity index (χ2n) is 7.18. The van der Waals surface area contributed by atoms with Crippen LogP contribution in [-0.4, -0.2) is 12.1 Å². The number of hydrazone groups is 1. The number of fused-ring (bicyclic) bond motifs is 1. The van der Waals surface area contributed by atoms with E-state index in [4.69, 9.17) is 4.74 Å². The largest absolute Gasteiger partial charge is 0.488 e. The highest BCUT2D eigenvalue weighted by Gasteiger charge is 2.09. The van der Waals surface area contributed by atoms with Gasteiger partial charge in [-0.2, -0.15) is 5.10 Å². The molecule has 0 heterocycles. The first-order chi connectivity index (χ1) is 15.1. The molecule has 0 fully saturated rings. The van der Waals surface area contributed by atoms with Crippen LogP contribution in [0.15, 0.2) is 90.0 Å². The summed E-state index contributed by atoms with van der Waals surface area (Å²) in [7, 11) is 0. The molecule has 4 aromatic rings. The molecule has 0 aromatic heterocycles. The minimum absolute atomic E-state index is 0.283. The fourth-order valence-corrected chi connectivity index (χ4v) is 3.28. The zero-order chi connectivity index (χ0) is 21.6. The zero-order valence-corrected chi connectivity index (χ0v) is 17.0. The van der Waals surface area contributed by atoms with Crippen LogP contribution in [0.3, 0.4) is 0 Å². The Morgan fingerprint density at radius 3 is 2.61 bits per heavy atom. The van der Waals surface area contributed by atoms with Crippen LogP contribution in [0.5, 0.6) is 5.75 Å². The summed E-state index contributed by atoms with van der Waals surface area (Å²) < 4.78 is 19.1. The van der Waals surface area contributed by atoms with Crippen LogP contribution >= 0.6 is 0 Å². The molecule has 0 spiro atoms. The average molecular weight is 412 g/mol. The summed E-state index contributed by atoms with van der Waals surface area (Å²) in [6, 6.07) is 25.2. The van der Waals surface area contributed by atoms with Gasteiger partial charge >= 0.3 is 0 Å². The minimum atomic E-state index is -0.286. The fraction of sp³-hybridized carbons (Fsp3) is 0.0769. The van der Waals surface area contributed by atoms with Gasteiger partial charge in [-0.15, -0.1) is 0 Å². The second-order valence-corrected chi connectivity index (χ2v) is 7.18. The number of aryl methyl sites for hydroxylation is 1. The Morgan fingerprint density at radius 2 is 1.81 bits per heavy atom. The first-order valence-corrected chi connectivity index (χ1v) is 9.89. The normalized spacial score (nSPS) is 11.0. The number of hydrogen-bond acceptors (Lipinski definition) is 3. The molecule has 4 aromatic carbocycles. The molecule has 1 N–H and O–H groups in total. The quantitative estimate of drug-likeness (QED) is 0.330. The summed E-state index contributed by atoms with van der Waals surface area (Å²) >= 11 is 0. The van der Waals surface area contributed by atoms with E-state index in [0.29, 0.717) is 11.3 Å². The van der Waals surface area contributed by atoms with Crippen molar-refractivity contribution in [3.63, 3.8) is 0 Å². The predicted octanol–water partition coefficient (Wildman–Crippen LogP) is 5.63. The standard InChI is InChI=1S/C26H21FN2O2/c1-18-5-4-7-21(15-18)26(30)29-28-16-24-23-8-3-2-6-20(23)11-14-25(24)31-17-19-9-12-22(27)13-10-19/h2-16H,17H2,1H3,(H,29,30)/b28-16+. The number of carbonyl (C=O) groups is 1. The topological polar surface area (TPSA) is 50.7 Å². The highest BCUT2D eigenvalue weighted by atomic mass is 19.1. The van der Waals surface area contributed by atoms with Crippen LogP contribution in [0.1, 0.15) is 27.0 Å². The van der Waals surface area contributed by atoms with E-state index < -0.39 is 0 Å². The molecule has 0 aliphatic heterocycles. The van der Waals surface area contributed by atoms with Crippen LogP contribution in [0.4, 0.5) is 4.39 Å². The molecule has 4 nitrogen and oxygen atoms in total. The Kier molecular flexibility index (Phi) is 6.03. The summed E-state index contributed by atoms with van der Waals surface area (Å²) in [5, 5.41) is 6.15. The van der Waals surface area contributed by atoms with Gasteiger partial charge < -0.3 is 4.74 Å². The maximum atomic E-state index is 13.1. The summed E-state index contributed by atoms with van der Waals surface area (Å²) in [6.45, 7) is 2.22. The fourth-order valence-electron chi connectivity index (χ4n) is 3.28. The van der Waals surface area contributed by atoms with Crippen molar-refractivity contribution in [3.05, 3.63) is 113 Å². The number of amides is 1. The number of rotatable bonds is 6. The summed E-state index contributed by atoms with van der Waals surface area (Å²) in [5.74, 6) is 0.0529. The molecule has 0 aliphatic carbocycles. The van der Waals surface area contributed by atoms with E-state index in [1.54, 1.807) is 30.5 Å². The Balaban J connectivity index is 1.58. The van der Waals surface area contributed by atoms with E-state index in [2.05, 4.69) is 10.5 Å². The van der Waals surface area contributed by atoms with Crippen molar-refractivity contribution in [3.8, 4) is 5.75 Å². The molecule has 0 unspecified atom stereocenters. The van der Waals surface area contributed by atoms with Gasteiger partial charge in [-0.05, 0) is 53.6 Å². The van der Waals surface area contributed by atoms with Crippen LogP contribution in [0, 0.1) is 12.7 Å². The van der Waals surface area contributed by atoms with Crippen molar-refractivity contribution < 1.29 is 13.9 Å². The number of carbonyl (C=O) groups excluding carboxylic acids is 1. The van der Waals surface area contributed by atoms with Gasteiger partial charge in [-0.1, -0.05) is 60.2 Å². The van der Waals surface area contributed by atoms with E-state index in [1.165, 1.54) is 12.1 Å². The van der Waals surface area contributed by atoms with Crippen molar-refractivity contribution in [1.82, 2.24) is 5.43 Å². The smallest absolute Gasteiger partial charge is 0.271 e. The number of halogens is 1. The summed E-state index contributed by atoms with van der Waals surface area (Å²) in [4.78, 5) is 12.4. The monoisotopic (exact) mass is 412 g/mol. The van der Waals surface area contributed by atoms with Crippen LogP contribution in [0.25, 0.3) is 10.8 Å². The number of benzene rings is 4. The Labute approximate surface area is 180 Å². The Bertz CT molecular complexity index is 1250. The first kappa shape index (κ1) is 20.3. The molecule has 0 atom stereocenters. The zero-order valence-electron chi connectivity index (χ0n) is 17.0. The molecule has 1 amide bonds. The molecular formula is C26H21FN2O2. The van der Waals surface area contributed by atoms with Gasteiger partial charge in [0.2, 0.25) is 0 Å². The average Bonchev–Trinajstić information content (AvgIpc) is 2.79. The molecule has 0 radical (unpaired) electrons. The van der Waals surface area contributed by atoms with Crippen molar-refractivity contribution in [2.45, 2.75) is 13.5 Å². The van der Waals surface area contributed by atoms with Crippen LogP contribution < -0.4 is 10.2 Å². The van der Waals surface area contributed by atoms with Gasteiger partial charge in [0.25, 0.3) is 5.91 Å². The van der Waals surface area contributed by atoms with E-state index in [1.807, 2.05) is 55.5 Å². The van der Waals surface area contributed by atoms with E-state index in [0.717, 1.165) is 27.5 Å². The van der Waals surface area contributed by atoms with Crippen molar-refractivity contribution in [2.24, 2.45) is 5.10 Å². The van der Waals surface area contributed by atoms with Gasteiger partial charge in [0.1, 0.15) is 18.2 Å². The van der Waals surface area contributed by atoms with Gasteiger partial charge in [-0.3, -0.25) is 4.79 Å². The third-order valence-electron chi connectivity index (χ3n) is 4.88. The SMILES string of the molecule is Cc1cccc(C(=O)N/N=C/c2c(OCc3ccc(F)cc3)ccc3ccccc23)c1. The van der Waals surface area contributed by atoms with Gasteiger partial charge in [0, 0.05) is 11.1 Å². The highest BCUT2D eigenvalue weighted by Crippen LogP contribution is 2.27. The van der Waals surface area contributed by atoms with Gasteiger partial charge in [-0.25, -0.2) is 9.82 Å². The number of ether oxygens (including phenoxy) is 1. The molecule has 5 heteroatoms. The number of nitrogens with zero attached hydrogens (tertiary/aromatic N) is 1. The van der Waals surface area contributed by atoms with Gasteiger partial charge in [0.05, 0.1) is 6.21 Å². The third kappa shape index (κ3) is 4.95. The second kappa shape index (κ2) is 9.22. The maximum Gasteiger partial charge on any atom is 0.271 e. The lowest BCUT2D eigenvalue weighted by Crippen LogP contribution is -2.17. The van der Waals surface area contributed by atoms with Crippen LogP contribution in [-0.2, 0) is 6.61 Å². The molecule has 154 valence electrons. The molecule has 0 bridgehead atoms. The minimum Gasteiger partial charge on any atom is -0.488 e. The van der Waals surface area contributed by atoms with Crippen molar-refractivity contribution >= 4 is 22.9 Å². The van der Waals surface area contributed by atoms with E-state index in [9.17, 15) is 9.18 Å². The maximum absolute atomic E-state index is 13.1. The lowest BCUT2D eigenvalue weighted by Gasteiger charge is -2.12. The third-order valence-corrected chi connectivity index (χ3v) is 4.88. The van der Waals surface area contributed by atoms with E-state index >= 15 is 0 Å². The number of nitrogens with one attached hydrogen (secondary N) is 1. The summed E-state index contributed by atoms with van der Waals surface area (Å²) in [6.07, 6.45) is 1.59. The Hall–Kier alpha value is -3.99. The molecule has 0 saturated heterocycles. The van der Waals surface area contributed by atoms with Gasteiger partial charge in [0.15, 0.2) is 0 Å². The number of hydrogen-bond donors (Lipinski definition) is 1. The molecule has 0 aliphatic rings. The lowest BCUT2D eigenvalue weighted by atomic mass is 10.0. The molecular weight excluding hydrogens is 391 g/mol. The Morgan fingerprint density at radius 1 is 1.00 bits per heavy atom. The van der Waals surface area contributed by atoms with Crippen molar-refractivity contribution in [1.29, 1.82) is 0 Å². The molecule has 0 saturated carbocycles. The highest BCUT2D eigenvalue weighted by molar-refractivity contribution is 6.03. The first-order valence-electron chi connectivity index (χ1n) is 9.89. The van der Waals surface area contributed by atoms with E-state index in [-0.39, 0.29) is 18.3 Å². The molecule has 4 rings (SSSR count). The van der Waals surface area contributed by atoms with Crippen molar-refractivity contribution in [2.75, 3.05) is 0 Å². The molecule has 31 heavy (non-hydrogen) atoms. The summed E-state index contributed by atoms with van der Waals surface area (Å²) in [5.41, 5.74) is 5.73.